The summed E-state index contributed by atoms with van der Waals surface area (Å²) in [7, 11) is 0. The van der Waals surface area contributed by atoms with Gasteiger partial charge in [-0.25, -0.2) is 4.79 Å². The summed E-state index contributed by atoms with van der Waals surface area (Å²) < 4.78 is 6.69. The number of aliphatic hydroxyl groups is 1. The zero-order valence-electron chi connectivity index (χ0n) is 16.1. The summed E-state index contributed by atoms with van der Waals surface area (Å²) in [5, 5.41) is 11.4. The van der Waals surface area contributed by atoms with Crippen LogP contribution < -0.4 is 5.48 Å². The minimum Gasteiger partial charge on any atom is -0.458 e. The van der Waals surface area contributed by atoms with Gasteiger partial charge in [0, 0.05) is 16.0 Å². The van der Waals surface area contributed by atoms with Crippen molar-refractivity contribution in [3.8, 4) is 0 Å². The number of ether oxygens (including phenoxy) is 1. The molecule has 2 heterocycles. The van der Waals surface area contributed by atoms with Crippen molar-refractivity contribution in [3.05, 3.63) is 52.5 Å². The number of hydroxylamine groups is 1. The van der Waals surface area contributed by atoms with Gasteiger partial charge < -0.3 is 9.84 Å². The Morgan fingerprint density at radius 1 is 1.24 bits per heavy atom. The molecule has 0 bridgehead atoms. The highest BCUT2D eigenvalue weighted by atomic mass is 79.9. The monoisotopic (exact) mass is 459 g/mol. The van der Waals surface area contributed by atoms with Crippen molar-refractivity contribution >= 4 is 33.4 Å². The van der Waals surface area contributed by atoms with Gasteiger partial charge in [0.05, 0.1) is 11.1 Å². The first-order valence-electron chi connectivity index (χ1n) is 9.83. The van der Waals surface area contributed by atoms with Crippen LogP contribution in [-0.4, -0.2) is 34.2 Å². The number of halogens is 1. The molecule has 5 rings (SSSR count). The summed E-state index contributed by atoms with van der Waals surface area (Å²) >= 11 is 3.53. The van der Waals surface area contributed by atoms with Gasteiger partial charge in [0.2, 0.25) is 5.60 Å². The molecular weight excluding hydrogens is 438 g/mol. The van der Waals surface area contributed by atoms with Gasteiger partial charge in [0.1, 0.15) is 11.7 Å². The molecule has 1 saturated carbocycles. The van der Waals surface area contributed by atoms with Crippen LogP contribution in [0.5, 0.6) is 0 Å². The maximum atomic E-state index is 13.1. The fraction of sp³-hybridized carbons (Fsp3) is 0.455. The smallest absolute Gasteiger partial charge is 0.346 e. The highest BCUT2D eigenvalue weighted by Gasteiger charge is 2.72. The second kappa shape index (κ2) is 6.03. The maximum Gasteiger partial charge on any atom is 0.346 e. The average molecular weight is 460 g/mol. The number of carbonyl (C=O) groups is 2. The van der Waals surface area contributed by atoms with Gasteiger partial charge in [-0.2, -0.15) is 0 Å². The van der Waals surface area contributed by atoms with E-state index in [2.05, 4.69) is 21.4 Å². The number of rotatable bonds is 1. The maximum absolute atomic E-state index is 13.1. The van der Waals surface area contributed by atoms with E-state index in [1.807, 2.05) is 31.2 Å². The van der Waals surface area contributed by atoms with Crippen LogP contribution in [0.3, 0.4) is 0 Å². The first-order chi connectivity index (χ1) is 13.7. The van der Waals surface area contributed by atoms with Crippen LogP contribution in [0.4, 0.5) is 0 Å². The minimum absolute atomic E-state index is 0.155. The third kappa shape index (κ3) is 2.24. The molecule has 2 aliphatic carbocycles. The number of hydrogen-bond acceptors (Lipinski definition) is 6. The van der Waals surface area contributed by atoms with Gasteiger partial charge >= 0.3 is 5.97 Å². The number of nitrogens with one attached hydrogen (secondary N) is 1. The van der Waals surface area contributed by atoms with E-state index in [-0.39, 0.29) is 11.7 Å². The van der Waals surface area contributed by atoms with Crippen molar-refractivity contribution < 1.29 is 24.3 Å². The van der Waals surface area contributed by atoms with Crippen LogP contribution in [-0.2, 0) is 19.2 Å². The highest BCUT2D eigenvalue weighted by Crippen LogP contribution is 2.59. The molecule has 1 aromatic carbocycles. The SMILES string of the molecule is C[C@H]1CC[C@@H]2[C@@H](OC(=O)C23C=C(c2ccccc2Br)NO3)[C@]2(C)C(=O)C=C[C@@]12O. The summed E-state index contributed by atoms with van der Waals surface area (Å²) in [5.41, 5.74) is 0.522. The molecule has 0 amide bonds. The second-order valence-corrected chi connectivity index (χ2v) is 9.53. The van der Waals surface area contributed by atoms with Gasteiger partial charge in [-0.3, -0.25) is 15.1 Å². The number of hydrogen-bond donors (Lipinski definition) is 2. The molecule has 6 nitrogen and oxygen atoms in total. The largest absolute Gasteiger partial charge is 0.458 e. The average Bonchev–Trinajstić information content (AvgIpc) is 3.31. The Kier molecular flexibility index (Phi) is 3.96. The molecule has 0 aromatic heterocycles. The Labute approximate surface area is 177 Å². The first-order valence-corrected chi connectivity index (χ1v) is 10.6. The lowest BCUT2D eigenvalue weighted by Gasteiger charge is -2.43. The number of fused-ring (bicyclic) bond motifs is 4. The molecule has 4 aliphatic rings. The van der Waals surface area contributed by atoms with Crippen LogP contribution in [0.1, 0.15) is 32.3 Å². The molecule has 0 radical (unpaired) electrons. The van der Waals surface area contributed by atoms with Gasteiger partial charge in [0.25, 0.3) is 0 Å². The van der Waals surface area contributed by atoms with Gasteiger partial charge in [-0.15, -0.1) is 0 Å². The fourth-order valence-corrected chi connectivity index (χ4v) is 6.00. The molecule has 1 aromatic rings. The highest BCUT2D eigenvalue weighted by molar-refractivity contribution is 9.10. The zero-order valence-corrected chi connectivity index (χ0v) is 17.7. The summed E-state index contributed by atoms with van der Waals surface area (Å²) in [6.45, 7) is 3.65. The van der Waals surface area contributed by atoms with Crippen molar-refractivity contribution in [3.63, 3.8) is 0 Å². The second-order valence-electron chi connectivity index (χ2n) is 8.67. The van der Waals surface area contributed by atoms with E-state index in [0.29, 0.717) is 18.5 Å². The van der Waals surface area contributed by atoms with Gasteiger partial charge in [-0.05, 0) is 50.0 Å². The predicted molar refractivity (Wildman–Crippen MR) is 108 cm³/mol. The summed E-state index contributed by atoms with van der Waals surface area (Å²) in [6.07, 6.45) is 5.24. The molecule has 2 aliphatic heterocycles. The van der Waals surface area contributed by atoms with Crippen molar-refractivity contribution in [2.75, 3.05) is 0 Å². The van der Waals surface area contributed by atoms with Crippen LogP contribution in [0.15, 0.2) is 47.0 Å². The zero-order chi connectivity index (χ0) is 20.6. The lowest BCUT2D eigenvalue weighted by Crippen LogP contribution is -2.57. The lowest BCUT2D eigenvalue weighted by atomic mass is 9.64. The summed E-state index contributed by atoms with van der Waals surface area (Å²) in [5.74, 6) is -1.29. The van der Waals surface area contributed by atoms with E-state index in [1.54, 1.807) is 19.1 Å². The molecular formula is C22H22BrNO5. The normalized spacial score (nSPS) is 42.9. The summed E-state index contributed by atoms with van der Waals surface area (Å²) in [6, 6.07) is 7.64. The molecule has 1 spiro atoms. The Bertz CT molecular complexity index is 989. The van der Waals surface area contributed by atoms with Crippen LogP contribution in [0, 0.1) is 17.3 Å². The van der Waals surface area contributed by atoms with Crippen molar-refractivity contribution in [1.29, 1.82) is 0 Å². The minimum atomic E-state index is -1.35. The molecule has 1 saturated heterocycles. The molecule has 7 heteroatoms. The van der Waals surface area contributed by atoms with E-state index in [4.69, 9.17) is 9.57 Å². The molecule has 2 N–H and O–H groups in total. The van der Waals surface area contributed by atoms with E-state index in [0.717, 1.165) is 10.0 Å². The van der Waals surface area contributed by atoms with Crippen LogP contribution in [0.2, 0.25) is 0 Å². The number of esters is 1. The third-order valence-electron chi connectivity index (χ3n) is 7.39. The summed E-state index contributed by atoms with van der Waals surface area (Å²) in [4.78, 5) is 31.9. The molecule has 1 unspecified atom stereocenters. The predicted octanol–water partition coefficient (Wildman–Crippen LogP) is 2.91. The topological polar surface area (TPSA) is 84.9 Å². The number of ketones is 1. The van der Waals surface area contributed by atoms with Gasteiger partial charge in [-0.1, -0.05) is 41.1 Å². The molecule has 6 atom stereocenters. The van der Waals surface area contributed by atoms with E-state index in [1.165, 1.54) is 6.08 Å². The van der Waals surface area contributed by atoms with Crippen molar-refractivity contribution in [2.45, 2.75) is 44.0 Å². The quantitative estimate of drug-likeness (QED) is 0.628. The van der Waals surface area contributed by atoms with Gasteiger partial charge in [0.15, 0.2) is 5.78 Å². The third-order valence-corrected chi connectivity index (χ3v) is 8.08. The fourth-order valence-electron chi connectivity index (χ4n) is 5.50. The molecule has 2 fully saturated rings. The number of allylic oxidation sites excluding steroid dienone is 1. The standard InChI is InChI=1S/C22H22BrNO5/c1-12-7-8-14-18(20(2)17(25)9-10-22(12,20)27)28-19(26)21(14)11-16(24-29-21)13-5-3-4-6-15(13)23/h3-6,9-12,14,18,24,27H,7-8H2,1-2H3/t12-,14+,18+,20-,21?,22+/m0/s1. The van der Waals surface area contributed by atoms with Crippen LogP contribution >= 0.6 is 15.9 Å². The molecule has 29 heavy (non-hydrogen) atoms. The molecule has 152 valence electrons. The lowest BCUT2D eigenvalue weighted by molar-refractivity contribution is -0.169. The van der Waals surface area contributed by atoms with Crippen molar-refractivity contribution in [2.24, 2.45) is 17.3 Å². The Balaban J connectivity index is 1.61. The Hall–Kier alpha value is -1.96. The first kappa shape index (κ1) is 19.0. The van der Waals surface area contributed by atoms with E-state index < -0.39 is 34.6 Å². The number of carbonyl (C=O) groups excluding carboxylic acids is 2. The van der Waals surface area contributed by atoms with Crippen molar-refractivity contribution in [1.82, 2.24) is 5.48 Å². The Morgan fingerprint density at radius 3 is 2.76 bits per heavy atom. The number of benzene rings is 1. The van der Waals surface area contributed by atoms with E-state index >= 15 is 0 Å². The van der Waals surface area contributed by atoms with E-state index in [9.17, 15) is 14.7 Å². The Morgan fingerprint density at radius 2 is 2.00 bits per heavy atom. The van der Waals surface area contributed by atoms with Crippen LogP contribution in [0.25, 0.3) is 5.70 Å².